The predicted molar refractivity (Wildman–Crippen MR) is 135 cm³/mol. The molecule has 2 aliphatic carbocycles. The third-order valence-corrected chi connectivity index (χ3v) is 7.52. The maximum absolute atomic E-state index is 11.9. The van der Waals surface area contributed by atoms with Gasteiger partial charge in [0, 0.05) is 58.5 Å². The zero-order chi connectivity index (χ0) is 29.7. The summed E-state index contributed by atoms with van der Waals surface area (Å²) in [6, 6.07) is -4.53. The first-order chi connectivity index (χ1) is 19.0. The van der Waals surface area contributed by atoms with Crippen molar-refractivity contribution >= 4 is 12.2 Å². The van der Waals surface area contributed by atoms with Crippen molar-refractivity contribution in [2.75, 3.05) is 26.3 Å². The van der Waals surface area contributed by atoms with E-state index in [-0.39, 0.29) is 38.8 Å². The minimum Gasteiger partial charge on any atom is -0.449 e. The first-order valence-corrected chi connectivity index (χ1v) is 13.4. The third kappa shape index (κ3) is 10.0. The highest BCUT2D eigenvalue weighted by Gasteiger charge is 2.48. The number of amides is 2. The Labute approximate surface area is 229 Å². The van der Waals surface area contributed by atoms with Gasteiger partial charge in [0.05, 0.1) is 0 Å². The Bertz CT molecular complexity index is 805. The van der Waals surface area contributed by atoms with E-state index >= 15 is 0 Å². The van der Waals surface area contributed by atoms with Crippen LogP contribution >= 0.6 is 0 Å². The average Bonchev–Trinajstić information content (AvgIpc) is 2.91. The van der Waals surface area contributed by atoms with Gasteiger partial charge in [-0.05, 0) is 25.7 Å². The summed E-state index contributed by atoms with van der Waals surface area (Å²) < 4.78 is 10.0. The molecule has 2 fully saturated rings. The molecule has 18 heteroatoms. The highest BCUT2D eigenvalue weighted by atomic mass is 16.6. The van der Waals surface area contributed by atoms with E-state index in [4.69, 9.17) is 9.47 Å². The summed E-state index contributed by atoms with van der Waals surface area (Å²) >= 11 is 0. The van der Waals surface area contributed by atoms with Gasteiger partial charge in [-0.3, -0.25) is 40.5 Å². The monoisotopic (exact) mass is 576 g/mol. The lowest BCUT2D eigenvalue weighted by Crippen LogP contribution is -2.47. The normalized spacial score (nSPS) is 26.2. The molecule has 0 aromatic carbocycles. The van der Waals surface area contributed by atoms with Crippen LogP contribution in [-0.4, -0.2) is 82.4 Å². The molecular formula is C22H36N6O12. The Morgan fingerprint density at radius 3 is 1.15 bits per heavy atom. The van der Waals surface area contributed by atoms with E-state index < -0.39 is 81.1 Å². The Morgan fingerprint density at radius 2 is 0.875 bits per heavy atom. The Balaban J connectivity index is 1.57. The van der Waals surface area contributed by atoms with E-state index in [9.17, 15) is 50.0 Å². The van der Waals surface area contributed by atoms with E-state index in [0.717, 1.165) is 0 Å². The smallest absolute Gasteiger partial charge is 0.407 e. The first kappa shape index (κ1) is 32.4. The number of rotatable bonds is 15. The van der Waals surface area contributed by atoms with Gasteiger partial charge in [0.1, 0.15) is 25.0 Å². The van der Waals surface area contributed by atoms with Crippen molar-refractivity contribution in [3.05, 3.63) is 40.5 Å². The molecule has 2 N–H and O–H groups in total. The molecule has 40 heavy (non-hydrogen) atoms. The summed E-state index contributed by atoms with van der Waals surface area (Å²) in [4.78, 5) is 66.7. The van der Waals surface area contributed by atoms with E-state index in [2.05, 4.69) is 10.6 Å². The van der Waals surface area contributed by atoms with E-state index in [0.29, 0.717) is 38.5 Å². The van der Waals surface area contributed by atoms with Crippen molar-refractivity contribution < 1.29 is 38.8 Å². The standard InChI is InChI=1S/C22H36N6O12/c29-21(39-13-15-17(25(31)32)7-5-8-18(15)26(33)34)23-11-3-1-2-4-12-24-22(30)40-14-16-19(27(35)36)9-6-10-20(16)28(37)38/h15-20H,1-14H2,(H,23,29)(H,24,30). The predicted octanol–water partition coefficient (Wildman–Crippen LogP) is 2.18. The van der Waals surface area contributed by atoms with Crippen LogP contribution in [0.1, 0.15) is 64.2 Å². The summed E-state index contributed by atoms with van der Waals surface area (Å²) in [5.74, 6) is -1.98. The number of ether oxygens (including phenoxy) is 2. The fraction of sp³-hybridized carbons (Fsp3) is 0.909. The molecule has 18 nitrogen and oxygen atoms in total. The van der Waals surface area contributed by atoms with Gasteiger partial charge < -0.3 is 20.1 Å². The molecule has 226 valence electrons. The topological polar surface area (TPSA) is 249 Å². The van der Waals surface area contributed by atoms with Crippen LogP contribution in [0.4, 0.5) is 9.59 Å². The summed E-state index contributed by atoms with van der Waals surface area (Å²) in [5, 5.41) is 50.0. The van der Waals surface area contributed by atoms with Gasteiger partial charge in [0.2, 0.25) is 24.2 Å². The number of unbranched alkanes of at least 4 members (excludes halogenated alkanes) is 3. The van der Waals surface area contributed by atoms with E-state index in [1.165, 1.54) is 0 Å². The Hall–Kier alpha value is -3.86. The number of carbonyl (C=O) groups excluding carboxylic acids is 2. The van der Waals surface area contributed by atoms with Crippen LogP contribution in [0.3, 0.4) is 0 Å². The molecule has 0 aromatic heterocycles. The highest BCUT2D eigenvalue weighted by Crippen LogP contribution is 2.30. The molecule has 0 bridgehead atoms. The lowest BCUT2D eigenvalue weighted by atomic mass is 9.81. The molecule has 0 saturated heterocycles. The number of carbonyl (C=O) groups is 2. The molecule has 0 radical (unpaired) electrons. The number of hydrogen-bond acceptors (Lipinski definition) is 12. The van der Waals surface area contributed by atoms with Crippen LogP contribution in [0, 0.1) is 52.3 Å². The second-order valence-electron chi connectivity index (χ2n) is 10.1. The van der Waals surface area contributed by atoms with Crippen molar-refractivity contribution in [2.45, 2.75) is 88.4 Å². The summed E-state index contributed by atoms with van der Waals surface area (Å²) in [5.41, 5.74) is 0. The Kier molecular flexibility index (Phi) is 13.2. The molecule has 4 atom stereocenters. The summed E-state index contributed by atoms with van der Waals surface area (Å²) in [7, 11) is 0. The van der Waals surface area contributed by atoms with Crippen molar-refractivity contribution in [2.24, 2.45) is 11.8 Å². The van der Waals surface area contributed by atoms with Crippen LogP contribution < -0.4 is 10.6 Å². The molecule has 2 rings (SSSR count). The maximum atomic E-state index is 11.9. The number of alkyl carbamates (subject to hydrolysis) is 2. The second-order valence-corrected chi connectivity index (χ2v) is 10.1. The zero-order valence-corrected chi connectivity index (χ0v) is 22.1. The molecule has 0 aromatic rings. The van der Waals surface area contributed by atoms with Gasteiger partial charge in [-0.2, -0.15) is 0 Å². The molecular weight excluding hydrogens is 540 g/mol. The van der Waals surface area contributed by atoms with Gasteiger partial charge in [0.15, 0.2) is 0 Å². The quantitative estimate of drug-likeness (QED) is 0.162. The number of nitrogens with zero attached hydrogens (tertiary/aromatic N) is 4. The summed E-state index contributed by atoms with van der Waals surface area (Å²) in [6.07, 6.45) is 2.42. The number of hydrogen-bond donors (Lipinski definition) is 2. The van der Waals surface area contributed by atoms with E-state index in [1.807, 2.05) is 0 Å². The van der Waals surface area contributed by atoms with Gasteiger partial charge in [-0.1, -0.05) is 12.8 Å². The SMILES string of the molecule is O=C(NCCCCCCNC(=O)OCC1C([N+](=O)[O-])CCCC1[N+](=O)[O-])OCC1C([N+](=O)[O-])CCCC1[N+](=O)[O-]. The highest BCUT2D eigenvalue weighted by molar-refractivity contribution is 5.67. The largest absolute Gasteiger partial charge is 0.449 e. The van der Waals surface area contributed by atoms with Crippen LogP contribution in [0.25, 0.3) is 0 Å². The van der Waals surface area contributed by atoms with Gasteiger partial charge in [-0.15, -0.1) is 0 Å². The third-order valence-electron chi connectivity index (χ3n) is 7.52. The van der Waals surface area contributed by atoms with Crippen molar-refractivity contribution in [1.82, 2.24) is 10.6 Å². The molecule has 2 amide bonds. The Morgan fingerprint density at radius 1 is 0.575 bits per heavy atom. The van der Waals surface area contributed by atoms with E-state index in [1.54, 1.807) is 0 Å². The first-order valence-electron chi connectivity index (χ1n) is 13.4. The summed E-state index contributed by atoms with van der Waals surface area (Å²) in [6.45, 7) is -0.310. The fourth-order valence-corrected chi connectivity index (χ4v) is 5.36. The number of nitro groups is 4. The zero-order valence-electron chi connectivity index (χ0n) is 22.1. The molecule has 0 spiro atoms. The van der Waals surface area contributed by atoms with Gasteiger partial charge in [-0.25, -0.2) is 9.59 Å². The second kappa shape index (κ2) is 16.3. The lowest BCUT2D eigenvalue weighted by molar-refractivity contribution is -0.584. The maximum Gasteiger partial charge on any atom is 0.407 e. The minimum absolute atomic E-state index is 0.199. The van der Waals surface area contributed by atoms with Crippen molar-refractivity contribution in [1.29, 1.82) is 0 Å². The molecule has 0 aliphatic heterocycles. The van der Waals surface area contributed by atoms with Crippen LogP contribution in [0.5, 0.6) is 0 Å². The lowest BCUT2D eigenvalue weighted by Gasteiger charge is -2.27. The molecule has 4 unspecified atom stereocenters. The van der Waals surface area contributed by atoms with Crippen molar-refractivity contribution in [3.63, 3.8) is 0 Å². The molecule has 2 aliphatic rings. The fourth-order valence-electron chi connectivity index (χ4n) is 5.36. The number of nitrogens with one attached hydrogen (secondary N) is 2. The molecule has 0 heterocycles. The van der Waals surface area contributed by atoms with Crippen LogP contribution in [0.2, 0.25) is 0 Å². The van der Waals surface area contributed by atoms with Crippen molar-refractivity contribution in [3.8, 4) is 0 Å². The van der Waals surface area contributed by atoms with Gasteiger partial charge >= 0.3 is 12.2 Å². The van der Waals surface area contributed by atoms with Crippen LogP contribution in [-0.2, 0) is 9.47 Å². The van der Waals surface area contributed by atoms with Crippen LogP contribution in [0.15, 0.2) is 0 Å². The van der Waals surface area contributed by atoms with Gasteiger partial charge in [0.25, 0.3) is 0 Å². The average molecular weight is 577 g/mol. The minimum atomic E-state index is -1.13. The molecule has 2 saturated carbocycles.